The van der Waals surface area contributed by atoms with Crippen molar-refractivity contribution >= 4 is 6.09 Å². The van der Waals surface area contributed by atoms with Crippen LogP contribution in [0.5, 0.6) is 0 Å². The highest BCUT2D eigenvalue weighted by molar-refractivity contribution is 5.69. The van der Waals surface area contributed by atoms with Crippen LogP contribution in [0.15, 0.2) is 12.7 Å². The Balaban J connectivity index is 2.25. The standard InChI is InChI=1S/C10H17NO3/c1-3-6-14-9(13)11-7-10(2,8-11)4-5-12/h3,12H,1,4-8H2,2H3. The number of aliphatic hydroxyl groups excluding tert-OH is 1. The number of likely N-dealkylation sites (tertiary alicyclic amines) is 1. The van der Waals surface area contributed by atoms with Gasteiger partial charge < -0.3 is 14.7 Å². The van der Waals surface area contributed by atoms with E-state index in [2.05, 4.69) is 13.5 Å². The van der Waals surface area contributed by atoms with E-state index in [1.54, 1.807) is 11.0 Å². The van der Waals surface area contributed by atoms with Gasteiger partial charge in [0, 0.05) is 25.1 Å². The first-order valence-electron chi connectivity index (χ1n) is 4.75. The van der Waals surface area contributed by atoms with Crippen LogP contribution in [0.25, 0.3) is 0 Å². The first-order chi connectivity index (χ1) is 6.61. The second kappa shape index (κ2) is 4.46. The Morgan fingerprint density at radius 3 is 2.86 bits per heavy atom. The topological polar surface area (TPSA) is 49.8 Å². The van der Waals surface area contributed by atoms with E-state index in [0.29, 0.717) is 13.1 Å². The van der Waals surface area contributed by atoms with Gasteiger partial charge in [-0.25, -0.2) is 4.79 Å². The third-order valence-electron chi connectivity index (χ3n) is 2.44. The maximum atomic E-state index is 11.3. The fourth-order valence-corrected chi connectivity index (χ4v) is 1.65. The SMILES string of the molecule is C=CCOC(=O)N1CC(C)(CCO)C1. The van der Waals surface area contributed by atoms with Gasteiger partial charge in [-0.1, -0.05) is 19.6 Å². The van der Waals surface area contributed by atoms with Gasteiger partial charge in [-0.05, 0) is 6.42 Å². The number of hydrogen-bond donors (Lipinski definition) is 1. The zero-order valence-electron chi connectivity index (χ0n) is 8.53. The molecule has 1 fully saturated rings. The summed E-state index contributed by atoms with van der Waals surface area (Å²) in [5, 5.41) is 8.79. The number of rotatable bonds is 4. The second-order valence-corrected chi connectivity index (χ2v) is 4.01. The van der Waals surface area contributed by atoms with Crippen LogP contribution in [0.2, 0.25) is 0 Å². The number of nitrogens with zero attached hydrogens (tertiary/aromatic N) is 1. The maximum Gasteiger partial charge on any atom is 0.410 e. The van der Waals surface area contributed by atoms with Crippen LogP contribution in [-0.2, 0) is 4.74 Å². The van der Waals surface area contributed by atoms with Crippen molar-refractivity contribution in [3.63, 3.8) is 0 Å². The van der Waals surface area contributed by atoms with E-state index in [1.807, 2.05) is 0 Å². The minimum Gasteiger partial charge on any atom is -0.445 e. The summed E-state index contributed by atoms with van der Waals surface area (Å²) in [4.78, 5) is 12.9. The average molecular weight is 199 g/mol. The van der Waals surface area contributed by atoms with Crippen molar-refractivity contribution in [3.8, 4) is 0 Å². The van der Waals surface area contributed by atoms with Gasteiger partial charge in [-0.3, -0.25) is 0 Å². The predicted molar refractivity (Wildman–Crippen MR) is 52.9 cm³/mol. The fraction of sp³-hybridized carbons (Fsp3) is 0.700. The molecule has 0 spiro atoms. The van der Waals surface area contributed by atoms with E-state index in [1.165, 1.54) is 0 Å². The van der Waals surface area contributed by atoms with E-state index >= 15 is 0 Å². The van der Waals surface area contributed by atoms with E-state index in [4.69, 9.17) is 9.84 Å². The minimum atomic E-state index is -0.291. The largest absolute Gasteiger partial charge is 0.445 e. The molecule has 80 valence electrons. The van der Waals surface area contributed by atoms with Crippen molar-refractivity contribution in [1.82, 2.24) is 4.90 Å². The summed E-state index contributed by atoms with van der Waals surface area (Å²) < 4.78 is 4.87. The summed E-state index contributed by atoms with van der Waals surface area (Å²) >= 11 is 0. The van der Waals surface area contributed by atoms with Crippen LogP contribution in [-0.4, -0.2) is 42.4 Å². The highest BCUT2D eigenvalue weighted by atomic mass is 16.6. The van der Waals surface area contributed by atoms with Crippen molar-refractivity contribution < 1.29 is 14.6 Å². The van der Waals surface area contributed by atoms with Gasteiger partial charge >= 0.3 is 6.09 Å². The molecule has 0 aliphatic carbocycles. The Labute approximate surface area is 84.2 Å². The molecule has 1 N–H and O–H groups in total. The van der Waals surface area contributed by atoms with Gasteiger partial charge in [0.05, 0.1) is 0 Å². The molecule has 0 saturated carbocycles. The van der Waals surface area contributed by atoms with Gasteiger partial charge in [-0.15, -0.1) is 0 Å². The van der Waals surface area contributed by atoms with Gasteiger partial charge in [0.1, 0.15) is 6.61 Å². The fourth-order valence-electron chi connectivity index (χ4n) is 1.65. The van der Waals surface area contributed by atoms with Crippen LogP contribution in [0.1, 0.15) is 13.3 Å². The Bertz CT molecular complexity index is 221. The highest BCUT2D eigenvalue weighted by Crippen LogP contribution is 2.33. The average Bonchev–Trinajstić information content (AvgIpc) is 2.10. The molecule has 1 saturated heterocycles. The number of amides is 1. The number of aliphatic hydroxyl groups is 1. The number of carbonyl (C=O) groups excluding carboxylic acids is 1. The molecule has 1 heterocycles. The Morgan fingerprint density at radius 1 is 1.71 bits per heavy atom. The van der Waals surface area contributed by atoms with Gasteiger partial charge in [0.15, 0.2) is 0 Å². The lowest BCUT2D eigenvalue weighted by Crippen LogP contribution is -2.57. The van der Waals surface area contributed by atoms with E-state index in [0.717, 1.165) is 6.42 Å². The molecule has 1 amide bonds. The molecule has 0 radical (unpaired) electrons. The molecule has 4 heteroatoms. The molecule has 1 aliphatic heterocycles. The number of carbonyl (C=O) groups is 1. The van der Waals surface area contributed by atoms with Crippen molar-refractivity contribution in [1.29, 1.82) is 0 Å². The number of ether oxygens (including phenoxy) is 1. The van der Waals surface area contributed by atoms with Crippen LogP contribution in [0.3, 0.4) is 0 Å². The lowest BCUT2D eigenvalue weighted by atomic mass is 9.79. The minimum absolute atomic E-state index is 0.0714. The van der Waals surface area contributed by atoms with E-state index in [9.17, 15) is 4.79 Å². The van der Waals surface area contributed by atoms with E-state index < -0.39 is 0 Å². The number of hydrogen-bond acceptors (Lipinski definition) is 3. The zero-order valence-corrected chi connectivity index (χ0v) is 8.53. The first kappa shape index (κ1) is 11.0. The lowest BCUT2D eigenvalue weighted by molar-refractivity contribution is -0.00303. The Hall–Kier alpha value is -1.03. The highest BCUT2D eigenvalue weighted by Gasteiger charge is 2.41. The van der Waals surface area contributed by atoms with Gasteiger partial charge in [-0.2, -0.15) is 0 Å². The molecule has 14 heavy (non-hydrogen) atoms. The Morgan fingerprint density at radius 2 is 2.36 bits per heavy atom. The maximum absolute atomic E-state index is 11.3. The van der Waals surface area contributed by atoms with E-state index in [-0.39, 0.29) is 24.7 Å². The van der Waals surface area contributed by atoms with Gasteiger partial charge in [0.25, 0.3) is 0 Å². The zero-order chi connectivity index (χ0) is 10.6. The summed E-state index contributed by atoms with van der Waals surface area (Å²) in [6.45, 7) is 7.29. The van der Waals surface area contributed by atoms with Crippen LogP contribution < -0.4 is 0 Å². The van der Waals surface area contributed by atoms with Crippen molar-refractivity contribution in [3.05, 3.63) is 12.7 Å². The quantitative estimate of drug-likeness (QED) is 0.687. The van der Waals surface area contributed by atoms with Crippen LogP contribution in [0, 0.1) is 5.41 Å². The molecule has 0 bridgehead atoms. The molecule has 0 aromatic heterocycles. The normalized spacial score (nSPS) is 18.6. The van der Waals surface area contributed by atoms with Crippen molar-refractivity contribution in [2.24, 2.45) is 5.41 Å². The molecule has 0 atom stereocenters. The molecule has 1 rings (SSSR count). The van der Waals surface area contributed by atoms with Crippen molar-refractivity contribution in [2.75, 3.05) is 26.3 Å². The lowest BCUT2D eigenvalue weighted by Gasteiger charge is -2.47. The summed E-state index contributed by atoms with van der Waals surface area (Å²) in [5.41, 5.74) is 0.0714. The molecular formula is C10H17NO3. The smallest absolute Gasteiger partial charge is 0.410 e. The summed E-state index contributed by atoms with van der Waals surface area (Å²) in [6.07, 6.45) is 1.99. The molecule has 0 aromatic rings. The second-order valence-electron chi connectivity index (χ2n) is 4.01. The van der Waals surface area contributed by atoms with Crippen LogP contribution >= 0.6 is 0 Å². The molecule has 4 nitrogen and oxygen atoms in total. The first-order valence-corrected chi connectivity index (χ1v) is 4.75. The van der Waals surface area contributed by atoms with Crippen LogP contribution in [0.4, 0.5) is 4.79 Å². The third kappa shape index (κ3) is 2.48. The third-order valence-corrected chi connectivity index (χ3v) is 2.44. The summed E-state index contributed by atoms with van der Waals surface area (Å²) in [5.74, 6) is 0. The van der Waals surface area contributed by atoms with Crippen molar-refractivity contribution in [2.45, 2.75) is 13.3 Å². The molecular weight excluding hydrogens is 182 g/mol. The summed E-state index contributed by atoms with van der Waals surface area (Å²) in [6, 6.07) is 0. The summed E-state index contributed by atoms with van der Waals surface area (Å²) in [7, 11) is 0. The van der Waals surface area contributed by atoms with Gasteiger partial charge in [0.2, 0.25) is 0 Å². The Kier molecular flexibility index (Phi) is 3.52. The predicted octanol–water partition coefficient (Wildman–Crippen LogP) is 1.01. The molecule has 0 aromatic carbocycles. The monoisotopic (exact) mass is 199 g/mol. The molecule has 1 aliphatic rings. The molecule has 0 unspecified atom stereocenters.